The van der Waals surface area contributed by atoms with E-state index in [2.05, 4.69) is 4.98 Å². The fraction of sp³-hybridized carbons (Fsp3) is 0.320. The number of para-hydroxylation sites is 1. The number of amides is 1. The van der Waals surface area contributed by atoms with E-state index in [0.717, 1.165) is 22.2 Å². The molecule has 1 aliphatic heterocycles. The molecule has 1 saturated heterocycles. The van der Waals surface area contributed by atoms with Crippen molar-refractivity contribution in [1.82, 2.24) is 9.88 Å². The van der Waals surface area contributed by atoms with Gasteiger partial charge in [-0.1, -0.05) is 48.5 Å². The first-order valence-corrected chi connectivity index (χ1v) is 10.5. The molecule has 0 radical (unpaired) electrons. The molecule has 1 aliphatic rings. The summed E-state index contributed by atoms with van der Waals surface area (Å²) in [5.41, 5.74) is 2.20. The number of ether oxygens (including phenoxy) is 1. The van der Waals surface area contributed by atoms with E-state index in [1.807, 2.05) is 61.5 Å². The summed E-state index contributed by atoms with van der Waals surface area (Å²) in [4.78, 5) is 43.0. The molecule has 0 spiro atoms. The molecular formula is C25H26N2O4. The van der Waals surface area contributed by atoms with Gasteiger partial charge in [0.1, 0.15) is 0 Å². The maximum absolute atomic E-state index is 13.3. The normalized spacial score (nSPS) is 15.6. The summed E-state index contributed by atoms with van der Waals surface area (Å²) >= 11 is 0. The number of aryl methyl sites for hydroxylation is 1. The van der Waals surface area contributed by atoms with Crippen LogP contribution in [0.5, 0.6) is 0 Å². The number of hydrogen-bond donors (Lipinski definition) is 1. The first kappa shape index (κ1) is 20.8. The van der Waals surface area contributed by atoms with Crippen molar-refractivity contribution in [3.8, 4) is 0 Å². The van der Waals surface area contributed by atoms with Gasteiger partial charge in [-0.15, -0.1) is 0 Å². The van der Waals surface area contributed by atoms with Crippen LogP contribution in [0.2, 0.25) is 0 Å². The number of likely N-dealkylation sites (tertiary alicyclic amines) is 1. The number of aromatic amines is 1. The van der Waals surface area contributed by atoms with E-state index in [1.54, 1.807) is 4.90 Å². The third kappa shape index (κ3) is 3.85. The number of benzene rings is 2. The van der Waals surface area contributed by atoms with E-state index < -0.39 is 11.4 Å². The first-order chi connectivity index (χ1) is 14.9. The number of esters is 1. The van der Waals surface area contributed by atoms with Crippen LogP contribution in [0, 0.1) is 6.92 Å². The van der Waals surface area contributed by atoms with Gasteiger partial charge in [0.2, 0.25) is 11.7 Å². The number of ketones is 1. The van der Waals surface area contributed by atoms with Crippen LogP contribution >= 0.6 is 0 Å². The number of Topliss-reactive ketones (excluding diaryl/α,β-unsaturated/α-hetero) is 1. The van der Waals surface area contributed by atoms with Crippen molar-refractivity contribution in [3.05, 3.63) is 71.4 Å². The van der Waals surface area contributed by atoms with E-state index in [0.29, 0.717) is 31.5 Å². The van der Waals surface area contributed by atoms with Crippen LogP contribution in [0.4, 0.5) is 0 Å². The predicted octanol–water partition coefficient (Wildman–Crippen LogP) is 3.78. The summed E-state index contributed by atoms with van der Waals surface area (Å²) in [6.45, 7) is 4.03. The summed E-state index contributed by atoms with van der Waals surface area (Å²) in [7, 11) is 0. The molecule has 1 amide bonds. The minimum absolute atomic E-state index is 0.0000166. The van der Waals surface area contributed by atoms with Gasteiger partial charge in [0.25, 0.3) is 0 Å². The zero-order valence-electron chi connectivity index (χ0n) is 17.8. The van der Waals surface area contributed by atoms with Gasteiger partial charge >= 0.3 is 5.97 Å². The minimum atomic E-state index is -0.858. The Morgan fingerprint density at radius 1 is 1.00 bits per heavy atom. The topological polar surface area (TPSA) is 79.5 Å². The third-order valence-electron chi connectivity index (χ3n) is 6.29. The molecule has 0 aliphatic carbocycles. The van der Waals surface area contributed by atoms with Gasteiger partial charge in [-0.25, -0.2) is 0 Å². The Bertz CT molecular complexity index is 1120. The van der Waals surface area contributed by atoms with Crippen molar-refractivity contribution < 1.29 is 19.1 Å². The number of piperidine rings is 1. The fourth-order valence-corrected chi connectivity index (χ4v) is 4.55. The number of nitrogens with one attached hydrogen (secondary N) is 1. The Kier molecular flexibility index (Phi) is 5.63. The van der Waals surface area contributed by atoms with E-state index >= 15 is 0 Å². The maximum Gasteiger partial charge on any atom is 0.317 e. The van der Waals surface area contributed by atoms with Crippen molar-refractivity contribution >= 4 is 28.6 Å². The maximum atomic E-state index is 13.3. The van der Waals surface area contributed by atoms with E-state index in [1.165, 1.54) is 6.92 Å². The molecule has 1 fully saturated rings. The van der Waals surface area contributed by atoms with Crippen LogP contribution < -0.4 is 0 Å². The second-order valence-corrected chi connectivity index (χ2v) is 8.12. The van der Waals surface area contributed by atoms with Crippen molar-refractivity contribution in [1.29, 1.82) is 0 Å². The van der Waals surface area contributed by atoms with Gasteiger partial charge in [-0.2, -0.15) is 0 Å². The van der Waals surface area contributed by atoms with Crippen LogP contribution in [0.25, 0.3) is 10.9 Å². The lowest BCUT2D eigenvalue weighted by Crippen LogP contribution is -2.49. The van der Waals surface area contributed by atoms with Gasteiger partial charge < -0.3 is 14.6 Å². The highest BCUT2D eigenvalue weighted by molar-refractivity contribution is 6.10. The summed E-state index contributed by atoms with van der Waals surface area (Å²) in [5, 5.41) is 0.827. The smallest absolute Gasteiger partial charge is 0.317 e. The summed E-state index contributed by atoms with van der Waals surface area (Å²) < 4.78 is 5.62. The average Bonchev–Trinajstić information content (AvgIpc) is 3.13. The molecule has 2 heterocycles. The molecule has 2 aromatic carbocycles. The molecular weight excluding hydrogens is 392 g/mol. The number of aromatic nitrogens is 1. The van der Waals surface area contributed by atoms with Crippen molar-refractivity contribution in [2.45, 2.75) is 32.1 Å². The molecule has 6 heteroatoms. The van der Waals surface area contributed by atoms with E-state index in [-0.39, 0.29) is 18.3 Å². The SMILES string of the molecule is CC(=O)N1CCC(C(=O)OCC(=O)c2c(C)[nH]c3ccccc23)(c2ccccc2)CC1. The van der Waals surface area contributed by atoms with Crippen LogP contribution in [0.1, 0.15) is 41.4 Å². The number of carbonyl (C=O) groups is 3. The number of fused-ring (bicyclic) bond motifs is 1. The molecule has 0 unspecified atom stereocenters. The highest BCUT2D eigenvalue weighted by atomic mass is 16.5. The van der Waals surface area contributed by atoms with Crippen LogP contribution in [-0.4, -0.2) is 47.2 Å². The second-order valence-electron chi connectivity index (χ2n) is 8.12. The molecule has 31 heavy (non-hydrogen) atoms. The number of nitrogens with zero attached hydrogens (tertiary/aromatic N) is 1. The Morgan fingerprint density at radius 3 is 2.32 bits per heavy atom. The average molecular weight is 418 g/mol. The third-order valence-corrected chi connectivity index (χ3v) is 6.29. The number of rotatable bonds is 5. The zero-order chi connectivity index (χ0) is 22.0. The highest BCUT2D eigenvalue weighted by Gasteiger charge is 2.45. The number of carbonyl (C=O) groups excluding carboxylic acids is 3. The molecule has 0 saturated carbocycles. The quantitative estimate of drug-likeness (QED) is 0.505. The molecule has 4 rings (SSSR count). The Labute approximate surface area is 181 Å². The molecule has 3 aromatic rings. The van der Waals surface area contributed by atoms with E-state index in [4.69, 9.17) is 4.74 Å². The standard InChI is InChI=1S/C25H26N2O4/c1-17-23(20-10-6-7-11-21(20)26-17)22(29)16-31-24(30)25(19-8-4-3-5-9-19)12-14-27(15-13-25)18(2)28/h3-11,26H,12-16H2,1-2H3. The lowest BCUT2D eigenvalue weighted by Gasteiger charge is -2.40. The molecule has 0 atom stereocenters. The summed E-state index contributed by atoms with van der Waals surface area (Å²) in [5.74, 6) is -0.638. The van der Waals surface area contributed by atoms with Gasteiger partial charge in [-0.3, -0.25) is 14.4 Å². The fourth-order valence-electron chi connectivity index (χ4n) is 4.55. The lowest BCUT2D eigenvalue weighted by molar-refractivity contribution is -0.153. The van der Waals surface area contributed by atoms with E-state index in [9.17, 15) is 14.4 Å². The number of H-pyrrole nitrogens is 1. The van der Waals surface area contributed by atoms with Crippen molar-refractivity contribution in [2.24, 2.45) is 0 Å². The van der Waals surface area contributed by atoms with Gasteiger partial charge in [0.05, 0.1) is 5.41 Å². The monoisotopic (exact) mass is 418 g/mol. The lowest BCUT2D eigenvalue weighted by atomic mass is 9.72. The molecule has 1 N–H and O–H groups in total. The Balaban J connectivity index is 1.55. The first-order valence-electron chi connectivity index (χ1n) is 10.5. The minimum Gasteiger partial charge on any atom is -0.457 e. The Hall–Kier alpha value is -3.41. The van der Waals surface area contributed by atoms with Gasteiger partial charge in [0.15, 0.2) is 6.61 Å². The van der Waals surface area contributed by atoms with Crippen LogP contribution in [0.3, 0.4) is 0 Å². The van der Waals surface area contributed by atoms with Crippen molar-refractivity contribution in [3.63, 3.8) is 0 Å². The largest absolute Gasteiger partial charge is 0.457 e. The van der Waals surface area contributed by atoms with Gasteiger partial charge in [0, 0.05) is 42.2 Å². The molecule has 1 aromatic heterocycles. The number of hydrogen-bond acceptors (Lipinski definition) is 4. The molecule has 6 nitrogen and oxygen atoms in total. The van der Waals surface area contributed by atoms with Crippen LogP contribution in [-0.2, 0) is 19.7 Å². The summed E-state index contributed by atoms with van der Waals surface area (Å²) in [6.07, 6.45) is 0.936. The highest BCUT2D eigenvalue weighted by Crippen LogP contribution is 2.37. The molecule has 0 bridgehead atoms. The van der Waals surface area contributed by atoms with Crippen molar-refractivity contribution in [2.75, 3.05) is 19.7 Å². The summed E-state index contributed by atoms with van der Waals surface area (Å²) in [6, 6.07) is 17.1. The van der Waals surface area contributed by atoms with Crippen LogP contribution in [0.15, 0.2) is 54.6 Å². The second kappa shape index (κ2) is 8.38. The zero-order valence-corrected chi connectivity index (χ0v) is 17.8. The Morgan fingerprint density at radius 2 is 1.65 bits per heavy atom. The van der Waals surface area contributed by atoms with Gasteiger partial charge in [-0.05, 0) is 31.4 Å². The predicted molar refractivity (Wildman–Crippen MR) is 118 cm³/mol. The molecule has 160 valence electrons.